The Morgan fingerprint density at radius 2 is 1.79 bits per heavy atom. The first kappa shape index (κ1) is 11.5. The average molecular weight is 256 g/mol. The quantitative estimate of drug-likeness (QED) is 0.726. The summed E-state index contributed by atoms with van der Waals surface area (Å²) in [4.78, 5) is 11.9. The summed E-state index contributed by atoms with van der Waals surface area (Å²) in [5, 5.41) is 10.4. The van der Waals surface area contributed by atoms with Crippen LogP contribution in [0.2, 0.25) is 0 Å². The number of halogens is 1. The molecule has 3 aromatic rings. The largest absolute Gasteiger partial charge is 0.507 e. The zero-order valence-electron chi connectivity index (χ0n) is 9.76. The number of fused-ring (bicyclic) bond motifs is 1. The van der Waals surface area contributed by atoms with E-state index in [0.717, 1.165) is 0 Å². The monoisotopic (exact) mass is 256 g/mol. The molecule has 0 bridgehead atoms. The summed E-state index contributed by atoms with van der Waals surface area (Å²) in [6, 6.07) is 12.1. The third kappa shape index (κ3) is 1.97. The zero-order valence-corrected chi connectivity index (χ0v) is 9.76. The van der Waals surface area contributed by atoms with Crippen LogP contribution in [-0.2, 0) is 0 Å². The van der Waals surface area contributed by atoms with Gasteiger partial charge in [-0.1, -0.05) is 12.1 Å². The van der Waals surface area contributed by atoms with Crippen LogP contribution in [0, 0.1) is 5.82 Å². The molecular formula is C15H9FO3. The molecule has 0 spiro atoms. The summed E-state index contributed by atoms with van der Waals surface area (Å²) in [7, 11) is 0. The Morgan fingerprint density at radius 1 is 1.05 bits per heavy atom. The molecule has 0 saturated carbocycles. The summed E-state index contributed by atoms with van der Waals surface area (Å²) in [6.07, 6.45) is 0. The molecule has 1 heterocycles. The highest BCUT2D eigenvalue weighted by atomic mass is 19.1. The Bertz CT molecular complexity index is 804. The first-order valence-corrected chi connectivity index (χ1v) is 5.67. The van der Waals surface area contributed by atoms with E-state index in [2.05, 4.69) is 0 Å². The SMILES string of the molecule is O=c1oc(-c2ccc(F)cc2)cc2cccc(O)c12. The van der Waals surface area contributed by atoms with Gasteiger partial charge < -0.3 is 9.52 Å². The van der Waals surface area contributed by atoms with Gasteiger partial charge >= 0.3 is 5.63 Å². The van der Waals surface area contributed by atoms with Crippen LogP contribution in [0.15, 0.2) is 57.7 Å². The van der Waals surface area contributed by atoms with Crippen LogP contribution >= 0.6 is 0 Å². The van der Waals surface area contributed by atoms with Crippen LogP contribution in [0.5, 0.6) is 5.75 Å². The fourth-order valence-corrected chi connectivity index (χ4v) is 1.98. The molecule has 0 aliphatic rings. The maximum Gasteiger partial charge on any atom is 0.347 e. The fraction of sp³-hybridized carbons (Fsp3) is 0. The number of benzene rings is 2. The average Bonchev–Trinajstić information content (AvgIpc) is 2.39. The van der Waals surface area contributed by atoms with Gasteiger partial charge in [0, 0.05) is 5.56 Å². The summed E-state index contributed by atoms with van der Waals surface area (Å²) >= 11 is 0. The van der Waals surface area contributed by atoms with Crippen molar-refractivity contribution < 1.29 is 13.9 Å². The Balaban J connectivity index is 2.27. The lowest BCUT2D eigenvalue weighted by Gasteiger charge is -2.03. The number of hydrogen-bond donors (Lipinski definition) is 1. The van der Waals surface area contributed by atoms with Gasteiger partial charge in [0.05, 0.1) is 0 Å². The molecule has 3 rings (SSSR count). The Labute approximate surface area is 107 Å². The van der Waals surface area contributed by atoms with Crippen LogP contribution < -0.4 is 5.63 Å². The third-order valence-corrected chi connectivity index (χ3v) is 2.90. The number of phenols is 1. The highest BCUT2D eigenvalue weighted by Gasteiger charge is 2.09. The lowest BCUT2D eigenvalue weighted by atomic mass is 10.1. The molecule has 1 aromatic heterocycles. The minimum Gasteiger partial charge on any atom is -0.507 e. The number of hydrogen-bond acceptors (Lipinski definition) is 3. The van der Waals surface area contributed by atoms with Gasteiger partial charge in [0.2, 0.25) is 0 Å². The van der Waals surface area contributed by atoms with Crippen molar-refractivity contribution in [2.24, 2.45) is 0 Å². The van der Waals surface area contributed by atoms with Crippen LogP contribution in [0.25, 0.3) is 22.1 Å². The van der Waals surface area contributed by atoms with Gasteiger partial charge in [-0.2, -0.15) is 0 Å². The van der Waals surface area contributed by atoms with Gasteiger partial charge in [-0.25, -0.2) is 9.18 Å². The van der Waals surface area contributed by atoms with Crippen LogP contribution in [0.1, 0.15) is 0 Å². The summed E-state index contributed by atoms with van der Waals surface area (Å²) in [5.74, 6) is -0.135. The Hall–Kier alpha value is -2.62. The predicted octanol–water partition coefficient (Wildman–Crippen LogP) is 3.30. The molecule has 0 fully saturated rings. The highest BCUT2D eigenvalue weighted by molar-refractivity contribution is 5.88. The van der Waals surface area contributed by atoms with E-state index in [0.29, 0.717) is 16.7 Å². The zero-order chi connectivity index (χ0) is 13.4. The lowest BCUT2D eigenvalue weighted by Crippen LogP contribution is -2.00. The summed E-state index contributed by atoms with van der Waals surface area (Å²) < 4.78 is 18.0. The molecule has 19 heavy (non-hydrogen) atoms. The lowest BCUT2D eigenvalue weighted by molar-refractivity contribution is 0.475. The van der Waals surface area contributed by atoms with Crippen LogP contribution in [0.3, 0.4) is 0 Å². The van der Waals surface area contributed by atoms with Gasteiger partial charge in [0.25, 0.3) is 0 Å². The molecule has 0 atom stereocenters. The predicted molar refractivity (Wildman–Crippen MR) is 69.5 cm³/mol. The molecule has 2 aromatic carbocycles. The van der Waals surface area contributed by atoms with Crippen molar-refractivity contribution in [3.05, 3.63) is 64.8 Å². The second kappa shape index (κ2) is 4.24. The first-order chi connectivity index (χ1) is 9.15. The minimum absolute atomic E-state index is 0.114. The van der Waals surface area contributed by atoms with Crippen molar-refractivity contribution >= 4 is 10.8 Å². The van der Waals surface area contributed by atoms with Crippen LogP contribution in [-0.4, -0.2) is 5.11 Å². The minimum atomic E-state index is -0.616. The molecule has 0 amide bonds. The van der Waals surface area contributed by atoms with E-state index in [-0.39, 0.29) is 17.0 Å². The highest BCUT2D eigenvalue weighted by Crippen LogP contribution is 2.26. The second-order valence-corrected chi connectivity index (χ2v) is 4.15. The Kier molecular flexibility index (Phi) is 2.56. The van der Waals surface area contributed by atoms with E-state index in [4.69, 9.17) is 4.42 Å². The molecule has 4 heteroatoms. The molecule has 0 aliphatic carbocycles. The van der Waals surface area contributed by atoms with Gasteiger partial charge in [-0.15, -0.1) is 0 Å². The smallest absolute Gasteiger partial charge is 0.347 e. The van der Waals surface area contributed by atoms with Crippen molar-refractivity contribution in [1.29, 1.82) is 0 Å². The van der Waals surface area contributed by atoms with Gasteiger partial charge in [-0.05, 0) is 41.8 Å². The molecule has 3 nitrogen and oxygen atoms in total. The number of aromatic hydroxyl groups is 1. The van der Waals surface area contributed by atoms with Crippen molar-refractivity contribution in [3.63, 3.8) is 0 Å². The van der Waals surface area contributed by atoms with Gasteiger partial charge in [0.15, 0.2) is 0 Å². The molecule has 0 unspecified atom stereocenters. The van der Waals surface area contributed by atoms with E-state index >= 15 is 0 Å². The van der Waals surface area contributed by atoms with Crippen molar-refractivity contribution in [3.8, 4) is 17.1 Å². The Morgan fingerprint density at radius 3 is 2.53 bits per heavy atom. The second-order valence-electron chi connectivity index (χ2n) is 4.15. The maximum atomic E-state index is 12.9. The fourth-order valence-electron chi connectivity index (χ4n) is 1.98. The molecule has 1 N–H and O–H groups in total. The number of phenolic OH excluding ortho intramolecular Hbond substituents is 1. The van der Waals surface area contributed by atoms with E-state index in [1.54, 1.807) is 18.2 Å². The first-order valence-electron chi connectivity index (χ1n) is 5.67. The van der Waals surface area contributed by atoms with E-state index in [1.165, 1.54) is 30.3 Å². The van der Waals surface area contributed by atoms with Crippen molar-refractivity contribution in [1.82, 2.24) is 0 Å². The molecular weight excluding hydrogens is 247 g/mol. The molecule has 94 valence electrons. The van der Waals surface area contributed by atoms with Gasteiger partial charge in [-0.3, -0.25) is 0 Å². The standard InChI is InChI=1S/C15H9FO3/c16-11-6-4-9(5-7-11)13-8-10-2-1-3-12(17)14(10)15(18)19-13/h1-8,17H. The summed E-state index contributed by atoms with van der Waals surface area (Å²) in [6.45, 7) is 0. The van der Waals surface area contributed by atoms with E-state index in [9.17, 15) is 14.3 Å². The summed E-state index contributed by atoms with van der Waals surface area (Å²) in [5.41, 5.74) is -0.0151. The molecule has 0 radical (unpaired) electrons. The third-order valence-electron chi connectivity index (χ3n) is 2.90. The van der Waals surface area contributed by atoms with Gasteiger partial charge in [0.1, 0.15) is 22.7 Å². The van der Waals surface area contributed by atoms with Crippen molar-refractivity contribution in [2.75, 3.05) is 0 Å². The number of rotatable bonds is 1. The molecule has 0 saturated heterocycles. The van der Waals surface area contributed by atoms with E-state index < -0.39 is 5.63 Å². The topological polar surface area (TPSA) is 50.4 Å². The molecule has 0 aliphatic heterocycles. The van der Waals surface area contributed by atoms with E-state index in [1.807, 2.05) is 0 Å². The van der Waals surface area contributed by atoms with Crippen LogP contribution in [0.4, 0.5) is 4.39 Å². The van der Waals surface area contributed by atoms with Crippen molar-refractivity contribution in [2.45, 2.75) is 0 Å². The maximum absolute atomic E-state index is 12.9. The normalized spacial score (nSPS) is 10.8.